The first-order valence-corrected chi connectivity index (χ1v) is 17.9. The minimum atomic E-state index is 0. The molecule has 6 heterocycles. The molecule has 59 heavy (non-hydrogen) atoms. The molecular weight excluding hydrogens is 1430 g/mol. The van der Waals surface area contributed by atoms with Crippen LogP contribution in [0.5, 0.6) is 0 Å². The predicted octanol–water partition coefficient (Wildman–Crippen LogP) is -7.06. The fourth-order valence-corrected chi connectivity index (χ4v) is 4.36. The smallest absolute Gasteiger partial charge is 1.00 e. The third kappa shape index (κ3) is 52.0. The van der Waals surface area contributed by atoms with Crippen molar-refractivity contribution in [1.29, 1.82) is 0 Å². The topological polar surface area (TPSA) is 175 Å². The number of H-pyrrole nitrogens is 6. The Labute approximate surface area is 438 Å². The molecule has 0 aliphatic heterocycles. The molecule has 0 bridgehead atoms. The van der Waals surface area contributed by atoms with Gasteiger partial charge < -0.3 is 120 Å². The first kappa shape index (κ1) is 71.4. The number of hydrogen-bond donors (Lipinski definition) is 6. The number of nitrogens with zero attached hydrogens (tertiary/aromatic N) is 7. The van der Waals surface area contributed by atoms with Crippen molar-refractivity contribution in [2.45, 2.75) is 32.3 Å². The minimum absolute atomic E-state index is 0. The fourth-order valence-electron chi connectivity index (χ4n) is 3.40. The van der Waals surface area contributed by atoms with E-state index in [0.29, 0.717) is 0 Å². The summed E-state index contributed by atoms with van der Waals surface area (Å²) in [6.07, 6.45) is 30.5. The number of thioether (sulfide) groups is 1. The molecule has 1 radical (unpaired) electrons. The molecule has 0 amide bonds. The molecule has 13 nitrogen and oxygen atoms in total. The van der Waals surface area contributed by atoms with Crippen LogP contribution in [0.15, 0.2) is 173 Å². The van der Waals surface area contributed by atoms with Crippen LogP contribution in [-0.2, 0) is 57.8 Å². The summed E-state index contributed by atoms with van der Waals surface area (Å²) in [5.74, 6) is 2.19. The Morgan fingerprint density at radius 1 is 0.407 bits per heavy atom. The minimum Gasteiger partial charge on any atom is -1.00 e. The van der Waals surface area contributed by atoms with Gasteiger partial charge in [-0.25, -0.2) is 29.9 Å². The van der Waals surface area contributed by atoms with Crippen molar-refractivity contribution in [2.24, 2.45) is 0 Å². The van der Waals surface area contributed by atoms with Gasteiger partial charge in [0.15, 0.2) is 0 Å². The van der Waals surface area contributed by atoms with Crippen molar-refractivity contribution in [1.82, 2.24) is 64.7 Å². The van der Waals surface area contributed by atoms with E-state index >= 15 is 0 Å². The third-order valence-electron chi connectivity index (χ3n) is 6.00. The quantitative estimate of drug-likeness (QED) is 0.0856. The van der Waals surface area contributed by atoms with Gasteiger partial charge in [0.2, 0.25) is 0 Å². The molecule has 0 saturated carbocycles. The van der Waals surface area contributed by atoms with Crippen molar-refractivity contribution in [3.05, 3.63) is 184 Å². The molecule has 0 spiro atoms. The van der Waals surface area contributed by atoms with E-state index in [1.165, 1.54) is 30.8 Å². The summed E-state index contributed by atoms with van der Waals surface area (Å²) < 4.78 is 0. The van der Waals surface area contributed by atoms with E-state index in [-0.39, 0.29) is 131 Å². The zero-order valence-corrected chi connectivity index (χ0v) is 48.1. The maximum atomic E-state index is 3.67. The van der Waals surface area contributed by atoms with Crippen LogP contribution in [0.3, 0.4) is 0 Å². The summed E-state index contributed by atoms with van der Waals surface area (Å²) in [4.78, 5) is 40.9. The zero-order chi connectivity index (χ0) is 37.3. The predicted molar refractivity (Wildman–Crippen MR) is 213 cm³/mol. The van der Waals surface area contributed by atoms with Crippen LogP contribution < -0.4 is 84.9 Å². The van der Waals surface area contributed by atoms with Crippen LogP contribution in [0.4, 0.5) is 0 Å². The van der Waals surface area contributed by atoms with E-state index < -0.39 is 0 Å². The molecule has 0 fully saturated rings. The Hall–Kier alpha value is -2.06. The molecule has 6 N–H and O–H groups in total. The number of benzene rings is 2. The Kier molecular flexibility index (Phi) is 73.0. The van der Waals surface area contributed by atoms with E-state index in [9.17, 15) is 0 Å². The number of imidazole rings is 6. The van der Waals surface area contributed by atoms with Crippen LogP contribution >= 0.6 is 11.8 Å². The summed E-state index contributed by atoms with van der Waals surface area (Å²) in [6, 6.07) is 21.2. The largest absolute Gasteiger partial charge is 4.00 e. The van der Waals surface area contributed by atoms with Crippen molar-refractivity contribution in [2.75, 3.05) is 19.6 Å². The van der Waals surface area contributed by atoms with Crippen LogP contribution in [0.1, 0.15) is 31.9 Å². The number of rotatable bonds is 7. The summed E-state index contributed by atoms with van der Waals surface area (Å²) in [5, 5.41) is 0. The van der Waals surface area contributed by atoms with E-state index in [1.54, 1.807) is 112 Å². The summed E-state index contributed by atoms with van der Waals surface area (Å²) in [5.41, 5.74) is 2.80. The van der Waals surface area contributed by atoms with Gasteiger partial charge in [-0.05, 0) is 30.8 Å². The molecule has 8 aromatic rings. The number of nitrogens with one attached hydrogen (secondary N) is 6. The number of hydrogen-bond acceptors (Lipinski definition) is 8. The number of aromatic nitrogens is 12. The van der Waals surface area contributed by atoms with Crippen molar-refractivity contribution >= 4 is 11.8 Å². The average molecular weight is 1490 g/mol. The second-order valence-corrected chi connectivity index (χ2v) is 10.6. The normalized spacial score (nSPS) is 7.86. The van der Waals surface area contributed by atoms with E-state index in [4.69, 9.17) is 0 Å². The van der Waals surface area contributed by atoms with Gasteiger partial charge in [0.05, 0.1) is 38.0 Å². The average Bonchev–Trinajstić information content (AvgIpc) is 4.07. The Morgan fingerprint density at radius 3 is 0.746 bits per heavy atom. The first-order chi connectivity index (χ1) is 25.8. The van der Waals surface area contributed by atoms with Crippen molar-refractivity contribution in [3.8, 4) is 0 Å². The monoisotopic (exact) mass is 1480 g/mol. The zero-order valence-electron chi connectivity index (χ0n) is 33.0. The van der Waals surface area contributed by atoms with Crippen LogP contribution in [-0.4, -0.2) is 84.3 Å². The second kappa shape index (κ2) is 60.2. The van der Waals surface area contributed by atoms with E-state index in [2.05, 4.69) is 146 Å². The van der Waals surface area contributed by atoms with Gasteiger partial charge in [0.1, 0.15) is 0 Å². The van der Waals surface area contributed by atoms with Gasteiger partial charge in [-0.15, -0.1) is 0 Å². The van der Waals surface area contributed by atoms with Crippen molar-refractivity contribution in [3.63, 3.8) is 0 Å². The summed E-state index contributed by atoms with van der Waals surface area (Å²) >= 11 is 1.96. The Bertz CT molecular complexity index is 1280. The summed E-state index contributed by atoms with van der Waals surface area (Å²) in [7, 11) is 0. The maximum absolute atomic E-state index is 3.67. The number of halogens is 5. The Balaban J connectivity index is -0.000000108. The molecule has 2 aromatic carbocycles. The first-order valence-electron chi connectivity index (χ1n) is 16.7. The standard InChI is InChI=1S/C14H14S.C6H15N.6C3H4N2.5BrH.Hf.Re/c1-3-7-13(8-4-1)11-15-12-14-9-5-2-6-10-14;1-4-7(5-2)6-3;6*1-2-5-3-4-1;;;;;;;/h1-10H,11-12H2;4-6H2,1-3H3;6*1-3H,(H,4,5);5*1H;;/q;;;;;;;;;;;;;2*+4/p-5. The van der Waals surface area contributed by atoms with Gasteiger partial charge in [0.25, 0.3) is 0 Å². The Morgan fingerprint density at radius 2 is 0.627 bits per heavy atom. The van der Waals surface area contributed by atoms with Crippen LogP contribution in [0.2, 0.25) is 0 Å². The van der Waals surface area contributed by atoms with Gasteiger partial charge in [-0.2, -0.15) is 11.8 Å². The third-order valence-corrected chi connectivity index (χ3v) is 7.08. The van der Waals surface area contributed by atoms with E-state index in [0.717, 1.165) is 11.5 Å². The fraction of sp³-hybridized carbons (Fsp3) is 0.211. The van der Waals surface area contributed by atoms with Gasteiger partial charge in [-0.3, -0.25) is 0 Å². The molecule has 0 saturated heterocycles. The maximum Gasteiger partial charge on any atom is 4.00 e. The molecule has 6 aromatic heterocycles. The second-order valence-electron chi connectivity index (χ2n) is 9.65. The number of aromatic amines is 6. The molecule has 8 rings (SSSR count). The van der Waals surface area contributed by atoms with Gasteiger partial charge in [-0.1, -0.05) is 81.4 Å². The molecule has 319 valence electrons. The van der Waals surface area contributed by atoms with E-state index in [1.807, 2.05) is 11.8 Å². The molecular formula is C38H53Br5HfN13ReS+3. The van der Waals surface area contributed by atoms with Crippen molar-refractivity contribution < 1.29 is 131 Å². The molecule has 21 heteroatoms. The summed E-state index contributed by atoms with van der Waals surface area (Å²) in [6.45, 7) is 10.1. The van der Waals surface area contributed by atoms with Gasteiger partial charge in [0, 0.05) is 85.9 Å². The molecule has 0 aliphatic rings. The van der Waals surface area contributed by atoms with Crippen LogP contribution in [0.25, 0.3) is 0 Å². The SMILES string of the molecule is CCN(CC)CC.[Br-].[Br-].[Br-].[Br-].[Br-].[Hf+4].[Re+4].c1c[nH]cn1.c1c[nH]cn1.c1c[nH]cn1.c1c[nH]cn1.c1c[nH]cn1.c1c[nH]cn1.c1ccc(CSCc2ccccc2)cc1. The van der Waals surface area contributed by atoms with Crippen LogP contribution in [0, 0.1) is 0 Å². The molecule has 0 atom stereocenters. The molecule has 0 unspecified atom stereocenters. The van der Waals surface area contributed by atoms with Gasteiger partial charge >= 0.3 is 46.3 Å². The molecule has 0 aliphatic carbocycles.